The number of carbonyl (C=O) groups is 1. The molecule has 4 N–H and O–H groups in total. The molecule has 7 rings (SSSR count). The summed E-state index contributed by atoms with van der Waals surface area (Å²) in [7, 11) is 0. The van der Waals surface area contributed by atoms with E-state index in [-0.39, 0.29) is 36.0 Å². The number of hydrogen-bond donors (Lipinski definition) is 3. The molecule has 2 atom stereocenters. The van der Waals surface area contributed by atoms with Crippen LogP contribution >= 0.6 is 0 Å². The summed E-state index contributed by atoms with van der Waals surface area (Å²) >= 11 is 0. The molecule has 0 spiro atoms. The summed E-state index contributed by atoms with van der Waals surface area (Å²) in [6.07, 6.45) is 7.09. The summed E-state index contributed by atoms with van der Waals surface area (Å²) in [6, 6.07) is 14.7. The molecule has 43 heavy (non-hydrogen) atoms. The first-order chi connectivity index (χ1) is 21.0. The third-order valence-electron chi connectivity index (χ3n) is 7.71. The van der Waals surface area contributed by atoms with Crippen molar-refractivity contribution in [2.45, 2.75) is 24.9 Å². The number of nitrogen functional groups attached to an aromatic ring is 1. The monoisotopic (exact) mass is 573 g/mol. The molecule has 1 amide bonds. The van der Waals surface area contributed by atoms with Gasteiger partial charge in [0.15, 0.2) is 17.2 Å². The molecule has 1 aromatic carbocycles. The highest BCUT2D eigenvalue weighted by atomic mass is 16.3. The van der Waals surface area contributed by atoms with E-state index in [2.05, 4.69) is 57.2 Å². The molecule has 0 radical (unpaired) electrons. The molecule has 0 saturated carbocycles. The first-order valence-corrected chi connectivity index (χ1v) is 13.9. The van der Waals surface area contributed by atoms with Crippen molar-refractivity contribution in [3.63, 3.8) is 0 Å². The fourth-order valence-corrected chi connectivity index (χ4v) is 5.77. The molecule has 0 unspecified atom stereocenters. The van der Waals surface area contributed by atoms with Crippen molar-refractivity contribution in [1.29, 1.82) is 0 Å². The number of para-hydroxylation sites is 1. The van der Waals surface area contributed by atoms with Crippen LogP contribution in [0.2, 0.25) is 0 Å². The Bertz CT molecular complexity index is 1850. The van der Waals surface area contributed by atoms with E-state index in [1.54, 1.807) is 47.4 Å². The lowest BCUT2D eigenvalue weighted by atomic mass is 10.1. The Morgan fingerprint density at radius 1 is 1.05 bits per heavy atom. The highest BCUT2D eigenvalue weighted by Gasteiger charge is 2.41. The van der Waals surface area contributed by atoms with Crippen molar-refractivity contribution >= 4 is 28.9 Å². The summed E-state index contributed by atoms with van der Waals surface area (Å²) in [5.41, 5.74) is 9.21. The molecule has 6 heterocycles. The summed E-state index contributed by atoms with van der Waals surface area (Å²) in [4.78, 5) is 30.2. The van der Waals surface area contributed by atoms with E-state index in [0.29, 0.717) is 28.5 Å². The van der Waals surface area contributed by atoms with Crippen LogP contribution in [0, 0.1) is 11.8 Å². The lowest BCUT2D eigenvalue weighted by molar-refractivity contribution is 0.0953. The van der Waals surface area contributed by atoms with Crippen molar-refractivity contribution in [2.75, 3.05) is 35.2 Å². The first-order valence-electron chi connectivity index (χ1n) is 13.9. The molecule has 4 aromatic heterocycles. The van der Waals surface area contributed by atoms with Crippen LogP contribution in [0.4, 0.5) is 17.3 Å². The molecule has 2 aliphatic heterocycles. The second-order valence-corrected chi connectivity index (χ2v) is 10.4. The number of aromatic hydroxyl groups is 1. The predicted octanol–water partition coefficient (Wildman–Crippen LogP) is 1.90. The maximum atomic E-state index is 12.5. The number of nitrogens with zero attached hydrogens (tertiary/aromatic N) is 9. The van der Waals surface area contributed by atoms with Crippen LogP contribution in [0.3, 0.4) is 0 Å². The van der Waals surface area contributed by atoms with Crippen LogP contribution in [-0.4, -0.2) is 77.5 Å². The Balaban J connectivity index is 1.02. The molecular formula is C30H27N11O2. The molecule has 13 heteroatoms. The van der Waals surface area contributed by atoms with Gasteiger partial charge in [-0.1, -0.05) is 18.1 Å². The van der Waals surface area contributed by atoms with Crippen LogP contribution in [0.1, 0.15) is 29.2 Å². The Morgan fingerprint density at radius 3 is 2.70 bits per heavy atom. The number of hydrogen-bond acceptors (Lipinski definition) is 11. The van der Waals surface area contributed by atoms with Crippen LogP contribution in [-0.2, 0) is 0 Å². The van der Waals surface area contributed by atoms with Gasteiger partial charge in [0.2, 0.25) is 5.82 Å². The van der Waals surface area contributed by atoms with Gasteiger partial charge in [0, 0.05) is 55.4 Å². The first kappa shape index (κ1) is 26.1. The molecule has 214 valence electrons. The van der Waals surface area contributed by atoms with Gasteiger partial charge in [0.05, 0.1) is 17.9 Å². The maximum Gasteiger partial charge on any atom is 0.272 e. The number of nitrogens with two attached hydrogens (primary N) is 1. The number of benzene rings is 1. The summed E-state index contributed by atoms with van der Waals surface area (Å²) in [5, 5.41) is 25.8. The van der Waals surface area contributed by atoms with E-state index in [1.807, 2.05) is 24.3 Å². The minimum Gasteiger partial charge on any atom is -0.507 e. The quantitative estimate of drug-likeness (QED) is 0.263. The number of rotatable bonds is 5. The van der Waals surface area contributed by atoms with E-state index >= 15 is 0 Å². The number of carbonyl (C=O) groups excluding carboxylic acids is 1. The minimum absolute atomic E-state index is 0.126. The Labute approximate surface area is 246 Å². The normalized spacial score (nSPS) is 17.5. The number of nitrogens with one attached hydrogen (secondary N) is 1. The maximum absolute atomic E-state index is 12.5. The Morgan fingerprint density at radius 2 is 1.88 bits per heavy atom. The van der Waals surface area contributed by atoms with Gasteiger partial charge in [-0.05, 0) is 49.1 Å². The molecule has 0 aliphatic carbocycles. The highest BCUT2D eigenvalue weighted by Crippen LogP contribution is 2.40. The Hall–Kier alpha value is -5.77. The van der Waals surface area contributed by atoms with Gasteiger partial charge >= 0.3 is 0 Å². The average molecular weight is 574 g/mol. The van der Waals surface area contributed by atoms with E-state index in [4.69, 9.17) is 5.73 Å². The third kappa shape index (κ3) is 5.10. The SMILES string of the molecule is Nc1nnc(-c2ccccc2O)cc1N1[C@@H]2CC[C@H]1CN(c1ccnc(C#CCNC(=O)c3cc4ncccn4n3)n1)C2. The fourth-order valence-electron chi connectivity index (χ4n) is 5.77. The predicted molar refractivity (Wildman–Crippen MR) is 159 cm³/mol. The van der Waals surface area contributed by atoms with Gasteiger partial charge < -0.3 is 26.0 Å². The zero-order valence-electron chi connectivity index (χ0n) is 23.0. The van der Waals surface area contributed by atoms with E-state index in [0.717, 1.165) is 37.4 Å². The second-order valence-electron chi connectivity index (χ2n) is 10.4. The number of phenols is 1. The van der Waals surface area contributed by atoms with E-state index in [9.17, 15) is 9.90 Å². The molecule has 2 aliphatic rings. The van der Waals surface area contributed by atoms with Gasteiger partial charge in [0.1, 0.15) is 11.6 Å². The van der Waals surface area contributed by atoms with Crippen LogP contribution in [0.25, 0.3) is 16.9 Å². The molecular weight excluding hydrogens is 546 g/mol. The summed E-state index contributed by atoms with van der Waals surface area (Å²) in [5.74, 6) is 7.24. The van der Waals surface area contributed by atoms with Crippen molar-refractivity contribution in [2.24, 2.45) is 0 Å². The number of anilines is 3. The number of amides is 1. The lowest BCUT2D eigenvalue weighted by Gasteiger charge is -2.43. The van der Waals surface area contributed by atoms with Gasteiger partial charge in [-0.3, -0.25) is 4.79 Å². The third-order valence-corrected chi connectivity index (χ3v) is 7.71. The van der Waals surface area contributed by atoms with Gasteiger partial charge in [-0.15, -0.1) is 10.2 Å². The summed E-state index contributed by atoms with van der Waals surface area (Å²) in [6.45, 7) is 1.62. The second kappa shape index (κ2) is 10.9. The number of fused-ring (bicyclic) bond motifs is 3. The summed E-state index contributed by atoms with van der Waals surface area (Å²) < 4.78 is 1.54. The van der Waals surface area contributed by atoms with Crippen LogP contribution in [0.5, 0.6) is 5.75 Å². The number of aromatic nitrogens is 7. The van der Waals surface area contributed by atoms with E-state index in [1.165, 1.54) is 0 Å². The average Bonchev–Trinajstić information content (AvgIpc) is 3.58. The fraction of sp³-hybridized carbons (Fsp3) is 0.233. The smallest absolute Gasteiger partial charge is 0.272 e. The van der Waals surface area contributed by atoms with Gasteiger partial charge in [0.25, 0.3) is 5.91 Å². The molecule has 2 saturated heterocycles. The lowest BCUT2D eigenvalue weighted by Crippen LogP contribution is -2.54. The zero-order valence-corrected chi connectivity index (χ0v) is 23.0. The van der Waals surface area contributed by atoms with Crippen molar-refractivity contribution < 1.29 is 9.90 Å². The Kier molecular flexibility index (Phi) is 6.63. The minimum atomic E-state index is -0.333. The molecule has 2 bridgehead atoms. The van der Waals surface area contributed by atoms with Crippen molar-refractivity contribution in [3.8, 4) is 28.8 Å². The van der Waals surface area contributed by atoms with Crippen molar-refractivity contribution in [1.82, 2.24) is 40.1 Å². The molecule has 5 aromatic rings. The topological polar surface area (TPSA) is 164 Å². The van der Waals surface area contributed by atoms with Crippen molar-refractivity contribution in [3.05, 3.63) is 78.6 Å². The molecule has 2 fully saturated rings. The van der Waals surface area contributed by atoms with E-state index < -0.39 is 0 Å². The highest BCUT2D eigenvalue weighted by molar-refractivity contribution is 5.93. The molecule has 13 nitrogen and oxygen atoms in total. The van der Waals surface area contributed by atoms with Gasteiger partial charge in [-0.25, -0.2) is 19.5 Å². The standard InChI is InChI=1S/C30H27N11O2/c31-29-24(15-22(36-37-29)21-5-1-2-6-25(21)42)41-19-8-9-20(41)18-39(17-19)27-10-13-32-26(35-27)7-3-11-34-30(43)23-16-28-33-12-4-14-40(28)38-23/h1-2,4-6,10,12-16,19-20,42H,8-9,11,17-18H2,(H2,31,37)(H,34,43)/t19-,20+. The van der Waals surface area contributed by atoms with Gasteiger partial charge in [-0.2, -0.15) is 5.10 Å². The van der Waals surface area contributed by atoms with Crippen LogP contribution < -0.4 is 20.9 Å². The zero-order chi connectivity index (χ0) is 29.3. The van der Waals surface area contributed by atoms with Crippen LogP contribution in [0.15, 0.2) is 67.1 Å². The number of piperazine rings is 1. The largest absolute Gasteiger partial charge is 0.507 e. The number of phenolic OH excluding ortho intramolecular Hbond substituents is 1.